The maximum absolute atomic E-state index is 13.5. The lowest BCUT2D eigenvalue weighted by atomic mass is 10.2. The molecule has 0 bridgehead atoms. The van der Waals surface area contributed by atoms with Gasteiger partial charge < -0.3 is 10.0 Å². The van der Waals surface area contributed by atoms with E-state index < -0.39 is 0 Å². The summed E-state index contributed by atoms with van der Waals surface area (Å²) in [6, 6.07) is 23.6. The third-order valence-corrected chi connectivity index (χ3v) is 6.28. The van der Waals surface area contributed by atoms with Crippen molar-refractivity contribution >= 4 is 17.9 Å². The van der Waals surface area contributed by atoms with Gasteiger partial charge in [0.25, 0.3) is 0 Å². The predicted molar refractivity (Wildman–Crippen MR) is 130 cm³/mol. The number of nitrogens with zero attached hydrogens (tertiary/aromatic N) is 5. The summed E-state index contributed by atoms with van der Waals surface area (Å²) in [5, 5.41) is 15.0. The minimum absolute atomic E-state index is 0.291. The van der Waals surface area contributed by atoms with Gasteiger partial charge in [-0.05, 0) is 48.6 Å². The second-order valence-corrected chi connectivity index (χ2v) is 8.38. The van der Waals surface area contributed by atoms with Crippen LogP contribution in [0.4, 0.5) is 10.1 Å². The SMILES string of the molecule is Oc1ccccc1N1CCN(Cn2nc(-c3ccccc3)n(-c3ccc(F)cc3)c2=S)CC1. The summed E-state index contributed by atoms with van der Waals surface area (Å²) in [6.07, 6.45) is 0. The maximum atomic E-state index is 13.5. The molecule has 2 heterocycles. The van der Waals surface area contributed by atoms with E-state index >= 15 is 0 Å². The van der Waals surface area contributed by atoms with Crippen LogP contribution in [0.5, 0.6) is 5.75 Å². The van der Waals surface area contributed by atoms with Gasteiger partial charge in [0.15, 0.2) is 5.82 Å². The van der Waals surface area contributed by atoms with Crippen molar-refractivity contribution in [2.75, 3.05) is 31.1 Å². The monoisotopic (exact) mass is 461 g/mol. The molecule has 0 radical (unpaired) electrons. The molecule has 0 spiro atoms. The molecule has 1 fully saturated rings. The number of aromatic nitrogens is 3. The second-order valence-electron chi connectivity index (χ2n) is 8.02. The van der Waals surface area contributed by atoms with E-state index in [2.05, 4.69) is 9.80 Å². The van der Waals surface area contributed by atoms with Crippen LogP contribution in [0.3, 0.4) is 0 Å². The molecule has 0 atom stereocenters. The zero-order valence-electron chi connectivity index (χ0n) is 18.0. The Morgan fingerprint density at radius 2 is 1.52 bits per heavy atom. The predicted octanol–water partition coefficient (Wildman–Crippen LogP) is 4.69. The van der Waals surface area contributed by atoms with Gasteiger partial charge in [-0.1, -0.05) is 42.5 Å². The first kappa shape index (κ1) is 21.4. The molecule has 1 aliphatic heterocycles. The fourth-order valence-corrected chi connectivity index (χ4v) is 4.44. The average molecular weight is 462 g/mol. The zero-order chi connectivity index (χ0) is 22.8. The van der Waals surface area contributed by atoms with E-state index in [1.54, 1.807) is 18.2 Å². The number of hydrogen-bond acceptors (Lipinski definition) is 5. The number of piperazine rings is 1. The fourth-order valence-electron chi connectivity index (χ4n) is 4.15. The number of benzene rings is 3. The van der Waals surface area contributed by atoms with Gasteiger partial charge in [0.2, 0.25) is 4.77 Å². The van der Waals surface area contributed by atoms with Gasteiger partial charge in [-0.15, -0.1) is 5.10 Å². The first-order chi connectivity index (χ1) is 16.1. The molecular weight excluding hydrogens is 437 g/mol. The molecule has 0 unspecified atom stereocenters. The lowest BCUT2D eigenvalue weighted by Crippen LogP contribution is -2.47. The molecule has 3 aromatic carbocycles. The molecule has 33 heavy (non-hydrogen) atoms. The smallest absolute Gasteiger partial charge is 0.204 e. The Bertz CT molecular complexity index is 1290. The summed E-state index contributed by atoms with van der Waals surface area (Å²) in [4.78, 5) is 4.49. The topological polar surface area (TPSA) is 49.5 Å². The number of rotatable bonds is 5. The Balaban J connectivity index is 1.41. The summed E-state index contributed by atoms with van der Waals surface area (Å²) < 4.78 is 17.8. The van der Waals surface area contributed by atoms with E-state index in [9.17, 15) is 9.50 Å². The maximum Gasteiger partial charge on any atom is 0.204 e. The van der Waals surface area contributed by atoms with Crippen LogP contribution in [0, 0.1) is 10.6 Å². The summed E-state index contributed by atoms with van der Waals surface area (Å²) in [5.74, 6) is 0.736. The summed E-state index contributed by atoms with van der Waals surface area (Å²) in [6.45, 7) is 3.80. The Labute approximate surface area is 196 Å². The Kier molecular flexibility index (Phi) is 5.93. The van der Waals surface area contributed by atoms with Gasteiger partial charge in [-0.2, -0.15) is 0 Å². The second kappa shape index (κ2) is 9.17. The molecule has 1 N–H and O–H groups in total. The summed E-state index contributed by atoms with van der Waals surface area (Å²) >= 11 is 5.81. The molecule has 8 heteroatoms. The Hall–Kier alpha value is -3.49. The number of para-hydroxylation sites is 2. The van der Waals surface area contributed by atoms with Gasteiger partial charge in [-0.25, -0.2) is 9.07 Å². The third-order valence-electron chi connectivity index (χ3n) is 5.88. The molecule has 4 aromatic rings. The first-order valence-corrected chi connectivity index (χ1v) is 11.3. The van der Waals surface area contributed by atoms with Crippen LogP contribution < -0.4 is 4.90 Å². The van der Waals surface area contributed by atoms with Crippen LogP contribution in [-0.4, -0.2) is 50.5 Å². The largest absolute Gasteiger partial charge is 0.506 e. The number of phenols is 1. The molecule has 6 nitrogen and oxygen atoms in total. The van der Waals surface area contributed by atoms with Crippen molar-refractivity contribution in [3.8, 4) is 22.8 Å². The molecule has 168 valence electrons. The van der Waals surface area contributed by atoms with E-state index in [0.717, 1.165) is 48.9 Å². The number of hydrogen-bond donors (Lipinski definition) is 1. The number of anilines is 1. The van der Waals surface area contributed by atoms with Crippen molar-refractivity contribution in [1.82, 2.24) is 19.2 Å². The fraction of sp³-hybridized carbons (Fsp3) is 0.200. The van der Waals surface area contributed by atoms with Crippen LogP contribution in [0.15, 0.2) is 78.9 Å². The minimum atomic E-state index is -0.291. The van der Waals surface area contributed by atoms with Crippen molar-refractivity contribution in [1.29, 1.82) is 0 Å². The highest BCUT2D eigenvalue weighted by molar-refractivity contribution is 7.71. The van der Waals surface area contributed by atoms with Crippen molar-refractivity contribution in [3.63, 3.8) is 0 Å². The first-order valence-electron chi connectivity index (χ1n) is 10.9. The van der Waals surface area contributed by atoms with Gasteiger partial charge in [0.05, 0.1) is 18.0 Å². The summed E-state index contributed by atoms with van der Waals surface area (Å²) in [5.41, 5.74) is 2.58. The lowest BCUT2D eigenvalue weighted by Gasteiger charge is -2.36. The summed E-state index contributed by atoms with van der Waals surface area (Å²) in [7, 11) is 0. The molecule has 5 rings (SSSR count). The number of halogens is 1. The number of aromatic hydroxyl groups is 1. The van der Waals surface area contributed by atoms with Crippen LogP contribution in [0.1, 0.15) is 0 Å². The zero-order valence-corrected chi connectivity index (χ0v) is 18.8. The average Bonchev–Trinajstić information content (AvgIpc) is 3.17. The normalized spacial score (nSPS) is 14.5. The highest BCUT2D eigenvalue weighted by Crippen LogP contribution is 2.27. The van der Waals surface area contributed by atoms with Gasteiger partial charge in [0, 0.05) is 31.7 Å². The molecular formula is C25H24FN5OS. The van der Waals surface area contributed by atoms with Crippen molar-refractivity contribution in [2.24, 2.45) is 0 Å². The highest BCUT2D eigenvalue weighted by Gasteiger charge is 2.21. The van der Waals surface area contributed by atoms with Gasteiger partial charge >= 0.3 is 0 Å². The third kappa shape index (κ3) is 4.40. The molecule has 1 aromatic heterocycles. The molecule has 0 saturated carbocycles. The minimum Gasteiger partial charge on any atom is -0.506 e. The molecule has 1 aliphatic rings. The highest BCUT2D eigenvalue weighted by atomic mass is 32.1. The van der Waals surface area contributed by atoms with Crippen LogP contribution >= 0.6 is 12.2 Å². The number of phenolic OH excluding ortho intramolecular Hbond substituents is 1. The van der Waals surface area contributed by atoms with Crippen molar-refractivity contribution < 1.29 is 9.50 Å². The Morgan fingerprint density at radius 1 is 0.848 bits per heavy atom. The molecule has 0 amide bonds. The van der Waals surface area contributed by atoms with Crippen molar-refractivity contribution in [3.05, 3.63) is 89.5 Å². The van der Waals surface area contributed by atoms with E-state index in [1.807, 2.05) is 57.8 Å². The molecule has 1 saturated heterocycles. The van der Waals surface area contributed by atoms with Gasteiger partial charge in [0.1, 0.15) is 11.6 Å². The van der Waals surface area contributed by atoms with Crippen LogP contribution in [-0.2, 0) is 6.67 Å². The van der Waals surface area contributed by atoms with E-state index in [4.69, 9.17) is 17.3 Å². The lowest BCUT2D eigenvalue weighted by molar-refractivity contribution is 0.194. The quantitative estimate of drug-likeness (QED) is 0.437. The van der Waals surface area contributed by atoms with Crippen LogP contribution in [0.25, 0.3) is 17.1 Å². The van der Waals surface area contributed by atoms with E-state index in [0.29, 0.717) is 17.2 Å². The van der Waals surface area contributed by atoms with Crippen molar-refractivity contribution in [2.45, 2.75) is 6.67 Å². The van der Waals surface area contributed by atoms with Gasteiger partial charge in [-0.3, -0.25) is 9.47 Å². The van der Waals surface area contributed by atoms with Crippen LogP contribution in [0.2, 0.25) is 0 Å². The standard InChI is InChI=1S/C25H24FN5OS/c26-20-10-12-21(13-11-20)31-24(19-6-2-1-3-7-19)27-30(25(31)33)18-28-14-16-29(17-15-28)22-8-4-5-9-23(22)32/h1-13,32H,14-18H2. The Morgan fingerprint density at radius 3 is 2.21 bits per heavy atom. The van der Waals surface area contributed by atoms with E-state index in [-0.39, 0.29) is 5.82 Å². The molecule has 0 aliphatic carbocycles. The van der Waals surface area contributed by atoms with E-state index in [1.165, 1.54) is 12.1 Å².